The summed E-state index contributed by atoms with van der Waals surface area (Å²) < 4.78 is 10.8. The Hall–Kier alpha value is -4.22. The van der Waals surface area contributed by atoms with Crippen molar-refractivity contribution in [2.75, 3.05) is 26.7 Å². The van der Waals surface area contributed by atoms with Crippen molar-refractivity contribution >= 4 is 34.7 Å². The fraction of sp³-hybridized carbons (Fsp3) is 0.526. The molecule has 1 saturated heterocycles. The largest absolute Gasteiger partial charge is 0.468 e. The number of carbonyl (C=O) groups excluding carboxylic acids is 4. The van der Waals surface area contributed by atoms with Gasteiger partial charge in [0.2, 0.25) is 11.8 Å². The number of nitrogens with one attached hydrogen (secondary N) is 3. The molecule has 4 rings (SSSR count). The molecule has 266 valence electrons. The number of para-hydroxylation sites is 1. The Balaban J connectivity index is 1.58. The highest BCUT2D eigenvalue weighted by Crippen LogP contribution is 2.29. The number of nitrogens with zero attached hydrogens (tertiary/aromatic N) is 1. The fourth-order valence-electron chi connectivity index (χ4n) is 6.55. The lowest BCUT2D eigenvalue weighted by molar-refractivity contribution is -0.159. The van der Waals surface area contributed by atoms with E-state index in [9.17, 15) is 19.2 Å². The molecular formula is C38H53N5O6. The molecule has 0 saturated carbocycles. The number of ether oxygens (including phenoxy) is 2. The Morgan fingerprint density at radius 3 is 2.41 bits per heavy atom. The van der Waals surface area contributed by atoms with Gasteiger partial charge in [-0.2, -0.15) is 0 Å². The highest BCUT2D eigenvalue weighted by molar-refractivity contribution is 5.93. The summed E-state index contributed by atoms with van der Waals surface area (Å²) in [6, 6.07) is 15.1. The number of aromatic nitrogens is 1. The van der Waals surface area contributed by atoms with E-state index in [1.165, 1.54) is 7.11 Å². The number of nitrogens with two attached hydrogens (primary N) is 1. The van der Waals surface area contributed by atoms with Gasteiger partial charge < -0.3 is 30.8 Å². The minimum Gasteiger partial charge on any atom is -0.468 e. The Morgan fingerprint density at radius 1 is 1.00 bits per heavy atom. The van der Waals surface area contributed by atoms with E-state index in [4.69, 9.17) is 15.2 Å². The predicted octanol–water partition coefficient (Wildman–Crippen LogP) is 4.21. The van der Waals surface area contributed by atoms with E-state index in [0.29, 0.717) is 58.2 Å². The second-order valence-corrected chi connectivity index (χ2v) is 14.0. The third-order valence-corrected chi connectivity index (χ3v) is 9.16. The van der Waals surface area contributed by atoms with E-state index in [0.717, 1.165) is 22.0 Å². The quantitative estimate of drug-likeness (QED) is 0.138. The summed E-state index contributed by atoms with van der Waals surface area (Å²) in [6.07, 6.45) is 5.30. The first-order valence-electron chi connectivity index (χ1n) is 17.4. The van der Waals surface area contributed by atoms with Crippen LogP contribution in [0.3, 0.4) is 0 Å². The molecule has 2 heterocycles. The van der Waals surface area contributed by atoms with Crippen LogP contribution in [-0.2, 0) is 35.1 Å². The monoisotopic (exact) mass is 675 g/mol. The van der Waals surface area contributed by atoms with Crippen LogP contribution in [-0.4, -0.2) is 84.1 Å². The van der Waals surface area contributed by atoms with Crippen molar-refractivity contribution in [3.8, 4) is 0 Å². The number of methoxy groups -OCH3 is 1. The van der Waals surface area contributed by atoms with E-state index in [2.05, 4.69) is 15.6 Å². The van der Waals surface area contributed by atoms with Crippen molar-refractivity contribution in [2.24, 2.45) is 11.7 Å². The molecule has 5 N–H and O–H groups in total. The molecule has 1 unspecified atom stereocenters. The molecule has 0 aliphatic carbocycles. The van der Waals surface area contributed by atoms with Crippen molar-refractivity contribution < 1.29 is 28.7 Å². The summed E-state index contributed by atoms with van der Waals surface area (Å²) in [5.74, 6) is -2.55. The number of hydrogen-bond donors (Lipinski definition) is 4. The SMILES string of the molecule is COC(=O)[C@H](Cc1ccccc1)N1CCCC(C(=O)N[C@H](C(=O)N[C@@H](CCCCN)C(=O)OC(C)(C)C)[C@@H](C)c2c[nH]c3ccccc23)C1. The van der Waals surface area contributed by atoms with E-state index >= 15 is 0 Å². The summed E-state index contributed by atoms with van der Waals surface area (Å²) in [5.41, 5.74) is 7.76. The Kier molecular flexibility index (Phi) is 13.4. The van der Waals surface area contributed by atoms with Crippen molar-refractivity contribution in [3.05, 3.63) is 71.9 Å². The normalized spacial score (nSPS) is 17.8. The molecule has 0 bridgehead atoms. The number of fused-ring (bicyclic) bond motifs is 1. The van der Waals surface area contributed by atoms with Crippen LogP contribution in [0.5, 0.6) is 0 Å². The third-order valence-electron chi connectivity index (χ3n) is 9.16. The summed E-state index contributed by atoms with van der Waals surface area (Å²) in [7, 11) is 1.38. The van der Waals surface area contributed by atoms with E-state index in [1.54, 1.807) is 20.8 Å². The minimum atomic E-state index is -0.998. The number of hydrogen-bond acceptors (Lipinski definition) is 8. The van der Waals surface area contributed by atoms with Gasteiger partial charge in [0.1, 0.15) is 23.7 Å². The van der Waals surface area contributed by atoms with Gasteiger partial charge in [-0.15, -0.1) is 0 Å². The molecule has 0 spiro atoms. The zero-order valence-corrected chi connectivity index (χ0v) is 29.5. The molecule has 0 radical (unpaired) electrons. The zero-order valence-electron chi connectivity index (χ0n) is 29.5. The minimum absolute atomic E-state index is 0.281. The van der Waals surface area contributed by atoms with Gasteiger partial charge in [0.15, 0.2) is 0 Å². The lowest BCUT2D eigenvalue weighted by Gasteiger charge is -2.37. The van der Waals surface area contributed by atoms with E-state index in [1.807, 2.05) is 72.6 Å². The fourth-order valence-corrected chi connectivity index (χ4v) is 6.55. The number of amides is 2. The van der Waals surface area contributed by atoms with Crippen molar-refractivity contribution in [1.29, 1.82) is 0 Å². The number of likely N-dealkylation sites (tertiary alicyclic amines) is 1. The summed E-state index contributed by atoms with van der Waals surface area (Å²) in [6.45, 7) is 8.70. The van der Waals surface area contributed by atoms with Gasteiger partial charge in [-0.1, -0.05) is 55.5 Å². The number of benzene rings is 2. The first-order chi connectivity index (χ1) is 23.4. The molecule has 2 amide bonds. The smallest absolute Gasteiger partial charge is 0.329 e. The maximum absolute atomic E-state index is 14.2. The van der Waals surface area contributed by atoms with Crippen molar-refractivity contribution in [1.82, 2.24) is 20.5 Å². The van der Waals surface area contributed by atoms with E-state index < -0.39 is 47.4 Å². The van der Waals surface area contributed by atoms with E-state index in [-0.39, 0.29) is 11.9 Å². The molecule has 3 aromatic rings. The first kappa shape index (κ1) is 37.6. The van der Waals surface area contributed by atoms with Crippen molar-refractivity contribution in [2.45, 2.75) is 95.9 Å². The lowest BCUT2D eigenvalue weighted by atomic mass is 9.90. The highest BCUT2D eigenvalue weighted by Gasteiger charge is 2.38. The number of esters is 2. The molecule has 5 atom stereocenters. The lowest BCUT2D eigenvalue weighted by Crippen LogP contribution is -2.57. The van der Waals surface area contributed by atoms with Crippen LogP contribution in [0.4, 0.5) is 0 Å². The molecular weight excluding hydrogens is 622 g/mol. The maximum atomic E-state index is 14.2. The predicted molar refractivity (Wildman–Crippen MR) is 190 cm³/mol. The molecule has 1 fully saturated rings. The van der Waals surface area contributed by atoms with Gasteiger partial charge in [-0.3, -0.25) is 19.3 Å². The van der Waals surface area contributed by atoms with Crippen LogP contribution in [0.15, 0.2) is 60.8 Å². The first-order valence-corrected chi connectivity index (χ1v) is 17.4. The van der Waals surface area contributed by atoms with Crippen LogP contribution < -0.4 is 16.4 Å². The summed E-state index contributed by atoms with van der Waals surface area (Å²) >= 11 is 0. The van der Waals surface area contributed by atoms with Crippen LogP contribution in [0.1, 0.15) is 76.8 Å². The number of H-pyrrole nitrogens is 1. The van der Waals surface area contributed by atoms with Gasteiger partial charge >= 0.3 is 11.9 Å². The van der Waals surface area contributed by atoms with Crippen molar-refractivity contribution in [3.63, 3.8) is 0 Å². The zero-order chi connectivity index (χ0) is 35.6. The number of unbranched alkanes of at least 4 members (excludes halogenated alkanes) is 1. The second kappa shape index (κ2) is 17.4. The van der Waals surface area contributed by atoms with Crippen LogP contribution in [0.25, 0.3) is 10.9 Å². The number of carbonyl (C=O) groups is 4. The summed E-state index contributed by atoms with van der Waals surface area (Å²) in [5, 5.41) is 6.94. The van der Waals surface area contributed by atoms with Gasteiger partial charge in [0.05, 0.1) is 13.0 Å². The molecule has 2 aromatic carbocycles. The van der Waals surface area contributed by atoms with Crippen LogP contribution in [0, 0.1) is 5.92 Å². The number of rotatable bonds is 15. The topological polar surface area (TPSA) is 156 Å². The standard InChI is InChI=1S/C38H53N5O6/c1-25(29-23-40-30-18-10-9-17-28(29)30)33(35(45)41-31(19-11-12-20-39)36(46)49-38(2,3)4)42-34(44)27-16-13-21-43(24-27)32(37(47)48-5)22-26-14-7-6-8-15-26/h6-10,14-15,17-18,23,25,27,31-33,40H,11-13,16,19-22,24,39H2,1-5H3,(H,41,45)(H,42,44)/t25-,27?,31-,32-,33-/m0/s1. The average molecular weight is 676 g/mol. The average Bonchev–Trinajstić information content (AvgIpc) is 3.52. The Bertz CT molecular complexity index is 1550. The number of aromatic amines is 1. The van der Waals surface area contributed by atoms with Crippen LogP contribution >= 0.6 is 0 Å². The molecule has 1 aliphatic heterocycles. The van der Waals surface area contributed by atoms with Gasteiger partial charge in [0.25, 0.3) is 0 Å². The van der Waals surface area contributed by atoms with Crippen LogP contribution in [0.2, 0.25) is 0 Å². The highest BCUT2D eigenvalue weighted by atomic mass is 16.6. The number of piperidine rings is 1. The van der Waals surface area contributed by atoms with Gasteiger partial charge in [-0.25, -0.2) is 4.79 Å². The van der Waals surface area contributed by atoms with Gasteiger partial charge in [-0.05, 0) is 89.6 Å². The Morgan fingerprint density at radius 2 is 1.71 bits per heavy atom. The molecule has 1 aliphatic rings. The second-order valence-electron chi connectivity index (χ2n) is 14.0. The summed E-state index contributed by atoms with van der Waals surface area (Å²) in [4.78, 5) is 59.8. The molecule has 11 heteroatoms. The third kappa shape index (κ3) is 10.4. The molecule has 1 aromatic heterocycles. The van der Waals surface area contributed by atoms with Gasteiger partial charge in [0, 0.05) is 29.6 Å². The Labute approximate surface area is 289 Å². The molecule has 49 heavy (non-hydrogen) atoms. The maximum Gasteiger partial charge on any atom is 0.329 e. The molecule has 11 nitrogen and oxygen atoms in total.